The molecule has 2 aromatic heterocycles. The molecule has 0 unspecified atom stereocenters. The summed E-state index contributed by atoms with van der Waals surface area (Å²) in [6.07, 6.45) is 0.956. The third-order valence-corrected chi connectivity index (χ3v) is 7.34. The van der Waals surface area contributed by atoms with Crippen molar-refractivity contribution in [3.05, 3.63) is 17.2 Å². The summed E-state index contributed by atoms with van der Waals surface area (Å²) in [5.41, 5.74) is 2.71. The molecule has 3 heterocycles. The quantitative estimate of drug-likeness (QED) is 0.884. The number of nitrogens with one attached hydrogen (secondary N) is 1. The Morgan fingerprint density at radius 1 is 0.917 bits per heavy atom. The Morgan fingerprint density at radius 3 is 2.08 bits per heavy atom. The van der Waals surface area contributed by atoms with Crippen molar-refractivity contribution in [3.63, 3.8) is 0 Å². The minimum Gasteiger partial charge on any atom is -0.362 e. The second-order valence-corrected chi connectivity index (χ2v) is 8.62. The van der Waals surface area contributed by atoms with Crippen molar-refractivity contribution >= 4 is 11.0 Å². The topological polar surface area (TPSA) is 63.7 Å². The SMILES string of the molecule is CC[C@@]1(C)O[C@@](C)(c2[nH]nc3c(C)nc(C)nc23)C(C)(C)C1(C)C. The molecule has 1 saturated heterocycles. The van der Waals surface area contributed by atoms with Gasteiger partial charge in [-0.3, -0.25) is 5.10 Å². The Labute approximate surface area is 144 Å². The van der Waals surface area contributed by atoms with E-state index in [2.05, 4.69) is 68.6 Å². The zero-order chi connectivity index (χ0) is 18.1. The molecule has 0 radical (unpaired) electrons. The summed E-state index contributed by atoms with van der Waals surface area (Å²) >= 11 is 0. The number of hydrogen-bond donors (Lipinski definition) is 1. The first-order chi connectivity index (χ1) is 10.9. The Balaban J connectivity index is 2.30. The Bertz CT molecular complexity index is 807. The number of fused-ring (bicyclic) bond motifs is 1. The van der Waals surface area contributed by atoms with Crippen LogP contribution in [0.15, 0.2) is 0 Å². The number of hydrogen-bond acceptors (Lipinski definition) is 4. The van der Waals surface area contributed by atoms with Crippen LogP contribution < -0.4 is 0 Å². The molecule has 2 aromatic rings. The first-order valence-corrected chi connectivity index (χ1v) is 8.81. The smallest absolute Gasteiger partial charge is 0.132 e. The predicted molar refractivity (Wildman–Crippen MR) is 95.9 cm³/mol. The minimum absolute atomic E-state index is 0.0158. The van der Waals surface area contributed by atoms with Crippen molar-refractivity contribution in [1.29, 1.82) is 0 Å². The van der Waals surface area contributed by atoms with E-state index in [4.69, 9.17) is 4.74 Å². The molecule has 1 aliphatic rings. The number of aromatic amines is 1. The number of nitrogens with zero attached hydrogens (tertiary/aromatic N) is 3. The number of aromatic nitrogens is 4. The van der Waals surface area contributed by atoms with E-state index in [1.165, 1.54) is 0 Å². The molecule has 0 aromatic carbocycles. The van der Waals surface area contributed by atoms with Gasteiger partial charge < -0.3 is 4.74 Å². The Hall–Kier alpha value is -1.49. The van der Waals surface area contributed by atoms with Gasteiger partial charge in [-0.15, -0.1) is 0 Å². The number of H-pyrrole nitrogens is 1. The van der Waals surface area contributed by atoms with Gasteiger partial charge >= 0.3 is 0 Å². The predicted octanol–water partition coefficient (Wildman–Crippen LogP) is 4.44. The molecule has 2 atom stereocenters. The number of rotatable bonds is 2. The summed E-state index contributed by atoms with van der Waals surface area (Å²) in [7, 11) is 0. The fourth-order valence-corrected chi connectivity index (χ4v) is 4.35. The van der Waals surface area contributed by atoms with Gasteiger partial charge in [0.2, 0.25) is 0 Å². The maximum Gasteiger partial charge on any atom is 0.132 e. The van der Waals surface area contributed by atoms with Crippen molar-refractivity contribution < 1.29 is 4.74 Å². The van der Waals surface area contributed by atoms with E-state index >= 15 is 0 Å². The molecule has 24 heavy (non-hydrogen) atoms. The second-order valence-electron chi connectivity index (χ2n) is 8.62. The molecule has 1 fully saturated rings. The van der Waals surface area contributed by atoms with Crippen molar-refractivity contribution in [2.24, 2.45) is 10.8 Å². The zero-order valence-corrected chi connectivity index (χ0v) is 16.5. The zero-order valence-electron chi connectivity index (χ0n) is 16.5. The van der Waals surface area contributed by atoms with E-state index in [0.29, 0.717) is 0 Å². The lowest BCUT2D eigenvalue weighted by Gasteiger charge is -2.45. The van der Waals surface area contributed by atoms with Crippen LogP contribution in [0.25, 0.3) is 11.0 Å². The van der Waals surface area contributed by atoms with Crippen LogP contribution in [-0.2, 0) is 10.3 Å². The first-order valence-electron chi connectivity index (χ1n) is 8.81. The molecule has 0 spiro atoms. The van der Waals surface area contributed by atoms with E-state index in [1.807, 2.05) is 13.8 Å². The molecule has 0 aliphatic carbocycles. The van der Waals surface area contributed by atoms with Gasteiger partial charge in [-0.1, -0.05) is 34.6 Å². The maximum absolute atomic E-state index is 6.82. The van der Waals surface area contributed by atoms with Crippen LogP contribution in [0.1, 0.15) is 72.1 Å². The van der Waals surface area contributed by atoms with Crippen LogP contribution in [-0.4, -0.2) is 25.8 Å². The van der Waals surface area contributed by atoms with Gasteiger partial charge in [-0.25, -0.2) is 9.97 Å². The number of ether oxygens (including phenoxy) is 1. The van der Waals surface area contributed by atoms with Crippen molar-refractivity contribution in [3.8, 4) is 0 Å². The largest absolute Gasteiger partial charge is 0.362 e. The molecule has 5 nitrogen and oxygen atoms in total. The van der Waals surface area contributed by atoms with Crippen LogP contribution in [0.2, 0.25) is 0 Å². The highest BCUT2D eigenvalue weighted by Crippen LogP contribution is 2.67. The van der Waals surface area contributed by atoms with E-state index in [9.17, 15) is 0 Å². The average Bonchev–Trinajstić information content (AvgIpc) is 2.94. The lowest BCUT2D eigenvalue weighted by Crippen LogP contribution is -2.46. The first kappa shape index (κ1) is 17.3. The van der Waals surface area contributed by atoms with Gasteiger partial charge in [0.1, 0.15) is 22.5 Å². The van der Waals surface area contributed by atoms with Gasteiger partial charge in [0.05, 0.1) is 17.0 Å². The normalized spacial score (nSPS) is 31.7. The number of aryl methyl sites for hydroxylation is 2. The third-order valence-electron chi connectivity index (χ3n) is 7.34. The third kappa shape index (κ3) is 1.82. The van der Waals surface area contributed by atoms with Crippen LogP contribution in [0.3, 0.4) is 0 Å². The maximum atomic E-state index is 6.82. The average molecular weight is 330 g/mol. The van der Waals surface area contributed by atoms with Gasteiger partial charge in [-0.05, 0) is 34.1 Å². The van der Waals surface area contributed by atoms with Crippen molar-refractivity contribution in [2.75, 3.05) is 0 Å². The molecule has 1 aliphatic heterocycles. The lowest BCUT2D eigenvalue weighted by atomic mass is 9.55. The highest BCUT2D eigenvalue weighted by atomic mass is 16.5. The van der Waals surface area contributed by atoms with Gasteiger partial charge in [0.25, 0.3) is 0 Å². The molecular formula is C19H30N4O. The van der Waals surface area contributed by atoms with Gasteiger partial charge in [0, 0.05) is 10.8 Å². The fourth-order valence-electron chi connectivity index (χ4n) is 4.35. The molecular weight excluding hydrogens is 300 g/mol. The molecule has 132 valence electrons. The van der Waals surface area contributed by atoms with E-state index in [-0.39, 0.29) is 16.4 Å². The molecule has 1 N–H and O–H groups in total. The second kappa shape index (κ2) is 4.78. The molecule has 5 heteroatoms. The standard InChI is InChI=1S/C19H30N4O/c1-10-18(8)16(4,5)17(6,7)19(9,24-18)15-14-13(22-23-15)11(2)20-12(3)21-14/h10H2,1-9H3,(H,22,23)/t18-,19+/m1/s1. The summed E-state index contributed by atoms with van der Waals surface area (Å²) in [4.78, 5) is 9.13. The van der Waals surface area contributed by atoms with E-state index < -0.39 is 5.60 Å². The van der Waals surface area contributed by atoms with Crippen molar-refractivity contribution in [1.82, 2.24) is 20.2 Å². The van der Waals surface area contributed by atoms with Crippen LogP contribution in [0.5, 0.6) is 0 Å². The fraction of sp³-hybridized carbons (Fsp3) is 0.737. The minimum atomic E-state index is -0.511. The van der Waals surface area contributed by atoms with Crippen LogP contribution in [0, 0.1) is 24.7 Å². The Kier molecular flexibility index (Phi) is 3.45. The molecule has 0 bridgehead atoms. The molecule has 0 amide bonds. The summed E-state index contributed by atoms with van der Waals surface area (Å²) in [5, 5.41) is 7.75. The van der Waals surface area contributed by atoms with Gasteiger partial charge in [-0.2, -0.15) is 5.10 Å². The summed E-state index contributed by atoms with van der Waals surface area (Å²) < 4.78 is 6.82. The summed E-state index contributed by atoms with van der Waals surface area (Å²) in [5.74, 6) is 0.763. The van der Waals surface area contributed by atoms with E-state index in [1.54, 1.807) is 0 Å². The monoisotopic (exact) mass is 330 g/mol. The van der Waals surface area contributed by atoms with Gasteiger partial charge in [0.15, 0.2) is 0 Å². The van der Waals surface area contributed by atoms with Crippen LogP contribution in [0.4, 0.5) is 0 Å². The summed E-state index contributed by atoms with van der Waals surface area (Å²) in [6, 6.07) is 0. The van der Waals surface area contributed by atoms with Crippen LogP contribution >= 0.6 is 0 Å². The highest BCUT2D eigenvalue weighted by Gasteiger charge is 2.68. The summed E-state index contributed by atoms with van der Waals surface area (Å²) in [6.45, 7) is 19.7. The highest BCUT2D eigenvalue weighted by molar-refractivity contribution is 5.80. The molecule has 0 saturated carbocycles. The molecule has 3 rings (SSSR count). The lowest BCUT2D eigenvalue weighted by molar-refractivity contribution is -0.122. The Morgan fingerprint density at radius 2 is 1.54 bits per heavy atom. The van der Waals surface area contributed by atoms with Crippen molar-refractivity contribution in [2.45, 2.75) is 79.9 Å². The van der Waals surface area contributed by atoms with E-state index in [0.717, 1.165) is 34.7 Å².